The van der Waals surface area contributed by atoms with E-state index in [-0.39, 0.29) is 5.54 Å². The topological polar surface area (TPSA) is 26.0 Å². The Labute approximate surface area is 90.1 Å². The van der Waals surface area contributed by atoms with Crippen molar-refractivity contribution >= 4 is 0 Å². The predicted octanol–water partition coefficient (Wildman–Crippen LogP) is 1.94. The van der Waals surface area contributed by atoms with Crippen molar-refractivity contribution < 1.29 is 0 Å². The molecular weight excluding hydrogens is 182 g/mol. The molecule has 0 saturated heterocycles. The van der Waals surface area contributed by atoms with E-state index in [9.17, 15) is 0 Å². The Morgan fingerprint density at radius 2 is 1.80 bits per heavy atom. The fourth-order valence-electron chi connectivity index (χ4n) is 6.65. The van der Waals surface area contributed by atoms with Crippen LogP contribution in [-0.4, -0.2) is 5.54 Å². The van der Waals surface area contributed by atoms with Gasteiger partial charge in [-0.25, -0.2) is 0 Å². The molecule has 0 amide bonds. The summed E-state index contributed by atoms with van der Waals surface area (Å²) in [6, 6.07) is 0. The molecule has 0 bridgehead atoms. The van der Waals surface area contributed by atoms with Gasteiger partial charge in [0.25, 0.3) is 0 Å². The minimum Gasteiger partial charge on any atom is -0.321 e. The maximum atomic E-state index is 6.74. The molecule has 4 fully saturated rings. The summed E-state index contributed by atoms with van der Waals surface area (Å²) in [5, 5.41) is 0. The number of rotatable bonds is 0. The Morgan fingerprint density at radius 3 is 2.47 bits per heavy atom. The zero-order chi connectivity index (χ0) is 9.52. The second-order valence-electron chi connectivity index (χ2n) is 7.08. The Bertz CT molecular complexity index is 450. The van der Waals surface area contributed by atoms with Crippen LogP contribution < -0.4 is 5.73 Å². The highest BCUT2D eigenvalue weighted by Crippen LogP contribution is 2.85. The van der Waals surface area contributed by atoms with Gasteiger partial charge in [0.2, 0.25) is 0 Å². The zero-order valence-corrected chi connectivity index (χ0v) is 8.95. The maximum Gasteiger partial charge on any atom is 0.0478 e. The Hall–Kier alpha value is -0.300. The number of fused-ring (bicyclic) bond motifs is 12. The second kappa shape index (κ2) is 1.64. The van der Waals surface area contributed by atoms with Crippen LogP contribution in [0.5, 0.6) is 0 Å². The van der Waals surface area contributed by atoms with Crippen LogP contribution in [0.4, 0.5) is 0 Å². The summed E-state index contributed by atoms with van der Waals surface area (Å²) >= 11 is 0. The third kappa shape index (κ3) is 0.409. The molecule has 1 nitrogen and oxygen atoms in total. The van der Waals surface area contributed by atoms with E-state index in [1.165, 1.54) is 25.7 Å². The molecule has 6 aliphatic rings. The van der Waals surface area contributed by atoms with Crippen molar-refractivity contribution in [2.24, 2.45) is 47.2 Å². The predicted molar refractivity (Wildman–Crippen MR) is 56.8 cm³/mol. The van der Waals surface area contributed by atoms with Crippen molar-refractivity contribution in [2.45, 2.75) is 31.2 Å². The number of hydrogen-bond donors (Lipinski definition) is 1. The van der Waals surface area contributed by atoms with Crippen molar-refractivity contribution in [2.75, 3.05) is 0 Å². The fraction of sp³-hybridized carbons (Fsp3) is 0.857. The molecule has 15 heavy (non-hydrogen) atoms. The highest BCUT2D eigenvalue weighted by Gasteiger charge is 2.84. The molecule has 6 aliphatic carbocycles. The van der Waals surface area contributed by atoms with Gasteiger partial charge in [0.05, 0.1) is 0 Å². The molecule has 0 aromatic heterocycles. The SMILES string of the molecule is N[C@]12C3=C(C4CCC34)C1C1C3CCC3C12. The molecule has 0 radical (unpaired) electrons. The normalized spacial score (nSPS) is 74.6. The van der Waals surface area contributed by atoms with Gasteiger partial charge in [0, 0.05) is 11.5 Å². The largest absolute Gasteiger partial charge is 0.321 e. The van der Waals surface area contributed by atoms with Gasteiger partial charge in [0.1, 0.15) is 0 Å². The molecule has 0 aromatic carbocycles. The first-order valence-electron chi connectivity index (χ1n) is 6.87. The molecule has 0 spiro atoms. The second-order valence-corrected chi connectivity index (χ2v) is 7.08. The quantitative estimate of drug-likeness (QED) is 0.468. The van der Waals surface area contributed by atoms with Gasteiger partial charge >= 0.3 is 0 Å². The first-order valence-corrected chi connectivity index (χ1v) is 6.87. The van der Waals surface area contributed by atoms with Gasteiger partial charge in [-0.1, -0.05) is 5.57 Å². The van der Waals surface area contributed by atoms with Gasteiger partial charge in [-0.3, -0.25) is 0 Å². The average molecular weight is 199 g/mol. The fourth-order valence-corrected chi connectivity index (χ4v) is 6.65. The summed E-state index contributed by atoms with van der Waals surface area (Å²) in [4.78, 5) is 0. The van der Waals surface area contributed by atoms with E-state index in [1.807, 2.05) is 5.57 Å². The maximum absolute atomic E-state index is 6.74. The van der Waals surface area contributed by atoms with E-state index in [0.29, 0.717) is 0 Å². The standard InChI is InChI=1S/C14H17N/c15-14-11-7-3-1-5(7)9(11)13(14)10-6-2-4-8(6)12(10)14/h5-9,11,13H,1-4,15H2/t5?,6?,7?,8?,9?,11?,13?,14-/m1/s1. The first kappa shape index (κ1) is 7.11. The van der Waals surface area contributed by atoms with Crippen LogP contribution in [0.2, 0.25) is 0 Å². The number of nitrogens with two attached hydrogens (primary N) is 1. The van der Waals surface area contributed by atoms with Crippen LogP contribution in [0.3, 0.4) is 0 Å². The van der Waals surface area contributed by atoms with Crippen LogP contribution in [-0.2, 0) is 0 Å². The summed E-state index contributed by atoms with van der Waals surface area (Å²) in [5.41, 5.74) is 10.7. The van der Waals surface area contributed by atoms with E-state index in [0.717, 1.165) is 41.4 Å². The number of hydrogen-bond acceptors (Lipinski definition) is 1. The molecule has 0 aromatic rings. The van der Waals surface area contributed by atoms with Crippen molar-refractivity contribution in [3.8, 4) is 0 Å². The van der Waals surface area contributed by atoms with Crippen molar-refractivity contribution in [3.63, 3.8) is 0 Å². The van der Waals surface area contributed by atoms with E-state index < -0.39 is 0 Å². The van der Waals surface area contributed by atoms with Crippen LogP contribution in [0.1, 0.15) is 25.7 Å². The Morgan fingerprint density at radius 1 is 1.00 bits per heavy atom. The Balaban J connectivity index is 1.52. The highest BCUT2D eigenvalue weighted by molar-refractivity contribution is 5.62. The summed E-state index contributed by atoms with van der Waals surface area (Å²) in [5.74, 6) is 7.17. The molecule has 4 saturated carbocycles. The van der Waals surface area contributed by atoms with E-state index in [2.05, 4.69) is 0 Å². The van der Waals surface area contributed by atoms with Gasteiger partial charge in [-0.05, 0) is 66.8 Å². The summed E-state index contributed by atoms with van der Waals surface area (Å²) in [6.07, 6.45) is 6.02. The molecule has 1 heteroatoms. The molecule has 8 atom stereocenters. The molecule has 78 valence electrons. The van der Waals surface area contributed by atoms with E-state index in [4.69, 9.17) is 5.73 Å². The molecule has 0 aliphatic heterocycles. The smallest absolute Gasteiger partial charge is 0.0478 e. The van der Waals surface area contributed by atoms with Crippen molar-refractivity contribution in [1.82, 2.24) is 0 Å². The van der Waals surface area contributed by atoms with Crippen LogP contribution in [0.15, 0.2) is 11.1 Å². The molecule has 6 rings (SSSR count). The van der Waals surface area contributed by atoms with Gasteiger partial charge < -0.3 is 5.73 Å². The monoisotopic (exact) mass is 199 g/mol. The molecular formula is C14H17N. The van der Waals surface area contributed by atoms with Gasteiger partial charge in [-0.15, -0.1) is 0 Å². The van der Waals surface area contributed by atoms with E-state index >= 15 is 0 Å². The average Bonchev–Trinajstić information content (AvgIpc) is 2.16. The van der Waals surface area contributed by atoms with E-state index in [1.54, 1.807) is 5.57 Å². The first-order chi connectivity index (χ1) is 7.33. The van der Waals surface area contributed by atoms with Crippen LogP contribution >= 0.6 is 0 Å². The zero-order valence-electron chi connectivity index (χ0n) is 8.95. The third-order valence-electron chi connectivity index (χ3n) is 7.36. The molecule has 2 N–H and O–H groups in total. The summed E-state index contributed by atoms with van der Waals surface area (Å²) < 4.78 is 0. The third-order valence-corrected chi connectivity index (χ3v) is 7.36. The molecule has 7 unspecified atom stereocenters. The van der Waals surface area contributed by atoms with Crippen molar-refractivity contribution in [3.05, 3.63) is 11.1 Å². The van der Waals surface area contributed by atoms with Crippen LogP contribution in [0.25, 0.3) is 0 Å². The lowest BCUT2D eigenvalue weighted by atomic mass is 9.19. The lowest BCUT2D eigenvalue weighted by Gasteiger charge is -2.86. The minimum absolute atomic E-state index is 0.281. The lowest BCUT2D eigenvalue weighted by Crippen LogP contribution is -2.89. The summed E-state index contributed by atoms with van der Waals surface area (Å²) in [6.45, 7) is 0. The highest BCUT2D eigenvalue weighted by atomic mass is 15.0. The van der Waals surface area contributed by atoms with Gasteiger partial charge in [-0.2, -0.15) is 0 Å². The van der Waals surface area contributed by atoms with Gasteiger partial charge in [0.15, 0.2) is 0 Å². The summed E-state index contributed by atoms with van der Waals surface area (Å²) in [7, 11) is 0. The Kier molecular flexibility index (Phi) is 0.778. The molecule has 0 heterocycles. The lowest BCUT2D eigenvalue weighted by molar-refractivity contribution is -0.271. The van der Waals surface area contributed by atoms with Crippen LogP contribution in [0, 0.1) is 41.4 Å². The van der Waals surface area contributed by atoms with Crippen molar-refractivity contribution in [1.29, 1.82) is 0 Å². The minimum atomic E-state index is 0.281.